The highest BCUT2D eigenvalue weighted by atomic mass is 32.1. The lowest BCUT2D eigenvalue weighted by atomic mass is 9.69. The van der Waals surface area contributed by atoms with Crippen molar-refractivity contribution in [2.75, 3.05) is 0 Å². The fraction of sp³-hybridized carbons (Fsp3) is 0.316. The summed E-state index contributed by atoms with van der Waals surface area (Å²) in [5.41, 5.74) is 0.781. The first-order valence-corrected chi connectivity index (χ1v) is 9.53. The molecule has 0 saturated heterocycles. The number of thiophene rings is 1. The number of pyridine rings is 2. The minimum absolute atomic E-state index is 0.294. The minimum atomic E-state index is -4.26. The van der Waals surface area contributed by atoms with Crippen molar-refractivity contribution in [3.63, 3.8) is 0 Å². The third kappa shape index (κ3) is 2.77. The first-order valence-electron chi connectivity index (χ1n) is 8.71. The van der Waals surface area contributed by atoms with E-state index in [0.717, 1.165) is 16.3 Å². The van der Waals surface area contributed by atoms with Gasteiger partial charge in [-0.3, -0.25) is 4.68 Å². The van der Waals surface area contributed by atoms with E-state index in [4.69, 9.17) is 0 Å². The van der Waals surface area contributed by atoms with Gasteiger partial charge in [-0.25, -0.2) is 9.97 Å². The third-order valence-electron chi connectivity index (χ3n) is 5.24. The Bertz CT molecular complexity index is 1210. The van der Waals surface area contributed by atoms with Crippen LogP contribution in [-0.4, -0.2) is 31.0 Å². The molecule has 5 rings (SSSR count). The lowest BCUT2D eigenvalue weighted by Gasteiger charge is -2.43. The zero-order chi connectivity index (χ0) is 19.7. The summed E-state index contributed by atoms with van der Waals surface area (Å²) in [7, 11) is 1.83. The van der Waals surface area contributed by atoms with Crippen molar-refractivity contribution in [1.29, 1.82) is 0 Å². The summed E-state index contributed by atoms with van der Waals surface area (Å²) in [5.74, 6) is -1.44. The first-order chi connectivity index (χ1) is 13.2. The average molecular weight is 404 g/mol. The van der Waals surface area contributed by atoms with Crippen LogP contribution in [0.15, 0.2) is 36.7 Å². The molecule has 1 N–H and O–H groups in total. The summed E-state index contributed by atoms with van der Waals surface area (Å²) in [6.45, 7) is 0. The van der Waals surface area contributed by atoms with Gasteiger partial charge < -0.3 is 5.11 Å². The van der Waals surface area contributed by atoms with E-state index in [1.165, 1.54) is 11.3 Å². The number of aliphatic hydroxyl groups is 1. The van der Waals surface area contributed by atoms with Gasteiger partial charge in [-0.05, 0) is 37.1 Å². The van der Waals surface area contributed by atoms with Gasteiger partial charge in [-0.15, -0.1) is 11.3 Å². The Morgan fingerprint density at radius 2 is 2.00 bits per heavy atom. The van der Waals surface area contributed by atoms with Crippen molar-refractivity contribution in [2.24, 2.45) is 13.0 Å². The second-order valence-electron chi connectivity index (χ2n) is 7.32. The molecule has 0 amide bonds. The highest BCUT2D eigenvalue weighted by molar-refractivity contribution is 7.18. The van der Waals surface area contributed by atoms with Crippen LogP contribution in [0, 0.1) is 5.92 Å². The highest BCUT2D eigenvalue weighted by Crippen LogP contribution is 2.54. The first kappa shape index (κ1) is 17.6. The van der Waals surface area contributed by atoms with E-state index in [-0.39, 0.29) is 12.8 Å². The van der Waals surface area contributed by atoms with Gasteiger partial charge in [0.25, 0.3) is 0 Å². The van der Waals surface area contributed by atoms with Gasteiger partial charge >= 0.3 is 6.18 Å². The molecule has 9 heteroatoms. The number of hydrogen-bond acceptors (Lipinski definition) is 5. The molecule has 4 aromatic rings. The fourth-order valence-corrected chi connectivity index (χ4v) is 4.81. The van der Waals surface area contributed by atoms with Crippen LogP contribution in [0.5, 0.6) is 0 Å². The number of hydrogen-bond donors (Lipinski definition) is 1. The summed E-state index contributed by atoms with van der Waals surface area (Å²) in [4.78, 5) is 10.2. The van der Waals surface area contributed by atoms with E-state index in [1.807, 2.05) is 31.4 Å². The molecule has 0 bridgehead atoms. The number of fused-ring (bicyclic) bond motifs is 2. The molecule has 28 heavy (non-hydrogen) atoms. The molecular weight excluding hydrogens is 389 g/mol. The van der Waals surface area contributed by atoms with Gasteiger partial charge in [0.1, 0.15) is 10.4 Å². The van der Waals surface area contributed by atoms with Gasteiger partial charge in [0.2, 0.25) is 0 Å². The van der Waals surface area contributed by atoms with Gasteiger partial charge in [0, 0.05) is 40.7 Å². The van der Waals surface area contributed by atoms with Gasteiger partial charge in [0.05, 0.1) is 11.6 Å². The van der Waals surface area contributed by atoms with Crippen molar-refractivity contribution in [1.82, 2.24) is 19.7 Å². The Hall–Kier alpha value is -2.52. The molecule has 0 unspecified atom stereocenters. The van der Waals surface area contributed by atoms with Crippen LogP contribution in [0.1, 0.15) is 17.7 Å². The molecule has 1 saturated carbocycles. The van der Waals surface area contributed by atoms with Crippen LogP contribution in [0.2, 0.25) is 0 Å². The highest BCUT2D eigenvalue weighted by Gasteiger charge is 2.56. The fourth-order valence-electron chi connectivity index (χ4n) is 3.67. The van der Waals surface area contributed by atoms with E-state index in [2.05, 4.69) is 15.1 Å². The van der Waals surface area contributed by atoms with Crippen LogP contribution in [-0.2, 0) is 12.6 Å². The molecule has 1 aliphatic rings. The van der Waals surface area contributed by atoms with Crippen LogP contribution < -0.4 is 0 Å². The largest absolute Gasteiger partial charge is 0.392 e. The van der Waals surface area contributed by atoms with E-state index in [1.54, 1.807) is 16.9 Å². The number of alkyl halides is 3. The summed E-state index contributed by atoms with van der Waals surface area (Å²) >= 11 is 1.24. The number of halogens is 3. The Balaban J connectivity index is 1.48. The Morgan fingerprint density at radius 3 is 2.75 bits per heavy atom. The molecule has 0 aromatic carbocycles. The van der Waals surface area contributed by atoms with Gasteiger partial charge in [0.15, 0.2) is 5.65 Å². The second kappa shape index (κ2) is 5.74. The number of rotatable bonds is 2. The molecule has 5 nitrogen and oxygen atoms in total. The molecule has 4 heterocycles. The minimum Gasteiger partial charge on any atom is -0.384 e. The summed E-state index contributed by atoms with van der Waals surface area (Å²) in [5, 5.41) is 16.5. The predicted octanol–water partition coefficient (Wildman–Crippen LogP) is 4.40. The van der Waals surface area contributed by atoms with Crippen molar-refractivity contribution in [3.8, 4) is 11.3 Å². The molecule has 0 atom stereocenters. The SMILES string of the molecule is Cn1cc2cc(-c3ccc4cc(C5(O)CC(C(F)(F)F)C5)sc4n3)cnc2n1. The van der Waals surface area contributed by atoms with Crippen LogP contribution in [0.4, 0.5) is 13.2 Å². The number of aryl methyl sites for hydroxylation is 1. The van der Waals surface area contributed by atoms with Crippen molar-refractivity contribution >= 4 is 32.6 Å². The maximum absolute atomic E-state index is 12.8. The lowest BCUT2D eigenvalue weighted by Crippen LogP contribution is -2.46. The summed E-state index contributed by atoms with van der Waals surface area (Å²) in [6.07, 6.45) is -1.27. The van der Waals surface area contributed by atoms with Crippen molar-refractivity contribution < 1.29 is 18.3 Å². The molecule has 144 valence electrons. The molecular formula is C19H15F3N4OS. The average Bonchev–Trinajstić information content (AvgIpc) is 3.18. The van der Waals surface area contributed by atoms with Gasteiger partial charge in [-0.2, -0.15) is 18.3 Å². The lowest BCUT2D eigenvalue weighted by molar-refractivity contribution is -0.241. The predicted molar refractivity (Wildman–Crippen MR) is 99.8 cm³/mol. The van der Waals surface area contributed by atoms with Crippen molar-refractivity contribution in [3.05, 3.63) is 41.5 Å². The Labute approximate surface area is 161 Å². The van der Waals surface area contributed by atoms with Gasteiger partial charge in [-0.1, -0.05) is 0 Å². The zero-order valence-electron chi connectivity index (χ0n) is 14.7. The summed E-state index contributed by atoms with van der Waals surface area (Å²) in [6, 6.07) is 7.41. The maximum atomic E-state index is 12.8. The number of aromatic nitrogens is 4. The van der Waals surface area contributed by atoms with Crippen LogP contribution >= 0.6 is 11.3 Å². The van der Waals surface area contributed by atoms with Crippen LogP contribution in [0.3, 0.4) is 0 Å². The number of nitrogens with zero attached hydrogens (tertiary/aromatic N) is 4. The molecule has 1 aliphatic carbocycles. The van der Waals surface area contributed by atoms with E-state index in [0.29, 0.717) is 21.0 Å². The topological polar surface area (TPSA) is 63.8 Å². The molecule has 4 aromatic heterocycles. The van der Waals surface area contributed by atoms with Crippen molar-refractivity contribution in [2.45, 2.75) is 24.6 Å². The molecule has 0 radical (unpaired) electrons. The Kier molecular flexibility index (Phi) is 3.60. The quantitative estimate of drug-likeness (QED) is 0.538. The molecule has 0 spiro atoms. The van der Waals surface area contributed by atoms with E-state index < -0.39 is 17.7 Å². The maximum Gasteiger partial charge on any atom is 0.392 e. The zero-order valence-corrected chi connectivity index (χ0v) is 15.6. The van der Waals surface area contributed by atoms with E-state index in [9.17, 15) is 18.3 Å². The van der Waals surface area contributed by atoms with Crippen LogP contribution in [0.25, 0.3) is 32.5 Å². The van der Waals surface area contributed by atoms with E-state index >= 15 is 0 Å². The summed E-state index contributed by atoms with van der Waals surface area (Å²) < 4.78 is 40.0. The monoisotopic (exact) mass is 404 g/mol. The smallest absolute Gasteiger partial charge is 0.384 e. The molecule has 0 aliphatic heterocycles. The third-order valence-corrected chi connectivity index (χ3v) is 6.48. The second-order valence-corrected chi connectivity index (χ2v) is 8.35. The Morgan fingerprint density at radius 1 is 1.21 bits per heavy atom. The normalized spacial score (nSPS) is 22.7. The molecule has 1 fully saturated rings. The standard InChI is InChI=1S/C19H15F3N4OS/c1-26-9-12-4-11(8-23-16(12)25-26)14-3-2-10-5-15(28-17(10)24-14)18(27)6-13(7-18)19(20,21)22/h2-5,8-9,13,27H,6-7H2,1H3.